The smallest absolute Gasteiger partial charge is 0.0715 e. The van der Waals surface area contributed by atoms with E-state index in [0.717, 1.165) is 12.8 Å². The first-order valence-electron chi connectivity index (χ1n) is 25.8. The van der Waals surface area contributed by atoms with Crippen LogP contribution in [0.2, 0.25) is 0 Å². The number of fused-ring (bicyclic) bond motifs is 6. The number of hydrogen-bond donors (Lipinski definition) is 0. The minimum Gasteiger partial charge on any atom is -0.331 e. The van der Waals surface area contributed by atoms with Crippen LogP contribution in [0.1, 0.15) is 106 Å². The number of rotatable bonds is 5. The Morgan fingerprint density at radius 2 is 1.11 bits per heavy atom. The lowest BCUT2D eigenvalue weighted by atomic mass is 9.75. The molecule has 0 N–H and O–H groups in total. The van der Waals surface area contributed by atoms with Crippen molar-refractivity contribution in [1.29, 1.82) is 0 Å². The van der Waals surface area contributed by atoms with Gasteiger partial charge in [0.15, 0.2) is 0 Å². The van der Waals surface area contributed by atoms with Crippen molar-refractivity contribution in [3.8, 4) is 22.3 Å². The second-order valence-corrected chi connectivity index (χ2v) is 20.2. The predicted molar refractivity (Wildman–Crippen MR) is 316 cm³/mol. The first-order valence-corrected chi connectivity index (χ1v) is 25.8. The van der Waals surface area contributed by atoms with E-state index in [9.17, 15) is 0 Å². The molecule has 3 aliphatic carbocycles. The quantitative estimate of drug-likeness (QED) is 0.123. The van der Waals surface area contributed by atoms with E-state index in [0.29, 0.717) is 0 Å². The van der Waals surface area contributed by atoms with Gasteiger partial charge in [-0.25, -0.2) is 0 Å². The van der Waals surface area contributed by atoms with Crippen LogP contribution in [-0.4, -0.2) is 5.54 Å². The van der Waals surface area contributed by atoms with Crippen LogP contribution in [0.4, 0.5) is 11.4 Å². The summed E-state index contributed by atoms with van der Waals surface area (Å²) in [6.45, 7) is 25.2. The van der Waals surface area contributed by atoms with Gasteiger partial charge in [-0.2, -0.15) is 0 Å². The van der Waals surface area contributed by atoms with Crippen molar-refractivity contribution < 1.29 is 0 Å². The van der Waals surface area contributed by atoms with Crippen molar-refractivity contribution in [1.82, 2.24) is 0 Å². The molecule has 1 heterocycles. The van der Waals surface area contributed by atoms with Crippen molar-refractivity contribution in [2.75, 3.05) is 4.90 Å². The number of aryl methyl sites for hydroxylation is 3. The summed E-state index contributed by atoms with van der Waals surface area (Å²) in [4.78, 5) is 2.53. The molecule has 0 aromatic heterocycles. The van der Waals surface area contributed by atoms with Crippen molar-refractivity contribution >= 4 is 22.5 Å². The summed E-state index contributed by atoms with van der Waals surface area (Å²) < 4.78 is 0. The molecule has 0 fully saturated rings. The highest BCUT2D eigenvalue weighted by Gasteiger charge is 2.45. The normalized spacial score (nSPS) is 18.2. The lowest BCUT2D eigenvalue weighted by molar-refractivity contribution is 0.601. The third kappa shape index (κ3) is 11.6. The number of benzene rings is 7. The highest BCUT2D eigenvalue weighted by atomic mass is 15.2. The lowest BCUT2D eigenvalue weighted by Gasteiger charge is -2.38. The molecule has 4 aliphatic rings. The molecule has 1 nitrogen and oxygen atoms in total. The molecule has 0 saturated carbocycles. The molecule has 7 aromatic rings. The van der Waals surface area contributed by atoms with Crippen molar-refractivity contribution in [2.45, 2.75) is 98.4 Å². The highest BCUT2D eigenvalue weighted by molar-refractivity contribution is 5.97. The number of hydrogen-bond acceptors (Lipinski definition) is 1. The third-order valence-corrected chi connectivity index (χ3v) is 14.5. The zero-order valence-electron chi connectivity index (χ0n) is 44.6. The van der Waals surface area contributed by atoms with Gasteiger partial charge in [0.25, 0.3) is 0 Å². The average molecular weight is 942 g/mol. The minimum absolute atomic E-state index is 0.0489. The van der Waals surface area contributed by atoms with Gasteiger partial charge in [0, 0.05) is 27.8 Å². The van der Waals surface area contributed by atoms with Gasteiger partial charge >= 0.3 is 0 Å². The van der Waals surface area contributed by atoms with Gasteiger partial charge in [-0.05, 0) is 141 Å². The van der Waals surface area contributed by atoms with Crippen molar-refractivity contribution in [2.24, 2.45) is 0 Å². The number of nitrogens with zero attached hydrogens (tertiary/aromatic N) is 1. The zero-order chi connectivity index (χ0) is 51.3. The van der Waals surface area contributed by atoms with Gasteiger partial charge < -0.3 is 4.90 Å². The standard InChI is InChI=1S/C33H31N.C16H16.C13H12.C5H8.C4H8/c1-24-12-15-27(16-13-24)32(2)21-18-25(19-22-32)26-14-17-31-29(23-26)30-11-7-8-20-33(30,3)34(31)28-9-5-4-6-10-28;1-11-8-9-13-12-6-4-5-7-14(12)16(2,3)15(13)10-11;1-11-7-9-13(10-8-11)12-5-3-2-4-6-12;1-3-5-4-2;1-3-4-2/h4-19,21,23H,20,22H2,1-3H3;4-10H,1-3H3;2-10H,1H3;3-5H,1H2,2H3;3-4H,1-2H3/b;;;5-4-;4-3-. The summed E-state index contributed by atoms with van der Waals surface area (Å²) in [6, 6.07) is 61.4. The predicted octanol–water partition coefficient (Wildman–Crippen LogP) is 19.8. The first kappa shape index (κ1) is 52.3. The van der Waals surface area contributed by atoms with Gasteiger partial charge in [-0.15, -0.1) is 0 Å². The van der Waals surface area contributed by atoms with E-state index in [1.165, 1.54) is 89.3 Å². The molecule has 2 unspecified atom stereocenters. The fourth-order valence-corrected chi connectivity index (χ4v) is 10.2. The zero-order valence-corrected chi connectivity index (χ0v) is 44.6. The molecular weight excluding hydrogens is 867 g/mol. The maximum atomic E-state index is 3.46. The van der Waals surface area contributed by atoms with Crippen LogP contribution in [0.5, 0.6) is 0 Å². The van der Waals surface area contributed by atoms with E-state index in [4.69, 9.17) is 0 Å². The van der Waals surface area contributed by atoms with E-state index < -0.39 is 0 Å². The molecular formula is C71H75N. The molecule has 7 aromatic carbocycles. The second kappa shape index (κ2) is 23.6. The Labute approximate surface area is 433 Å². The maximum absolute atomic E-state index is 3.46. The van der Waals surface area contributed by atoms with Crippen LogP contribution in [0.25, 0.3) is 33.4 Å². The molecule has 0 spiro atoms. The maximum Gasteiger partial charge on any atom is 0.0715 e. The van der Waals surface area contributed by atoms with Gasteiger partial charge in [0.1, 0.15) is 0 Å². The lowest BCUT2D eigenvalue weighted by Crippen LogP contribution is -2.40. The van der Waals surface area contributed by atoms with Gasteiger partial charge in [0.2, 0.25) is 0 Å². The Morgan fingerprint density at radius 3 is 1.72 bits per heavy atom. The van der Waals surface area contributed by atoms with Gasteiger partial charge in [-0.1, -0.05) is 256 Å². The molecule has 72 heavy (non-hydrogen) atoms. The van der Waals surface area contributed by atoms with E-state index in [-0.39, 0.29) is 16.4 Å². The topological polar surface area (TPSA) is 3.24 Å². The summed E-state index contributed by atoms with van der Waals surface area (Å²) in [5.41, 5.74) is 21.7. The molecule has 0 radical (unpaired) electrons. The van der Waals surface area contributed by atoms with E-state index in [1.807, 2.05) is 51.1 Å². The van der Waals surface area contributed by atoms with Crippen LogP contribution < -0.4 is 4.90 Å². The van der Waals surface area contributed by atoms with Crippen LogP contribution in [0.15, 0.2) is 243 Å². The Bertz CT molecular complexity index is 3110. The second-order valence-electron chi connectivity index (χ2n) is 20.2. The summed E-state index contributed by atoms with van der Waals surface area (Å²) in [6.07, 6.45) is 25.6. The van der Waals surface area contributed by atoms with Crippen molar-refractivity contribution in [3.63, 3.8) is 0 Å². The minimum atomic E-state index is -0.0577. The fourth-order valence-electron chi connectivity index (χ4n) is 10.2. The molecule has 1 heteroatoms. The summed E-state index contributed by atoms with van der Waals surface area (Å²) >= 11 is 0. The van der Waals surface area contributed by atoms with Crippen LogP contribution in [-0.2, 0) is 10.8 Å². The summed E-state index contributed by atoms with van der Waals surface area (Å²) in [5.74, 6) is 0. The Kier molecular flexibility index (Phi) is 17.2. The monoisotopic (exact) mass is 942 g/mol. The molecule has 11 rings (SSSR count). The van der Waals surface area contributed by atoms with E-state index >= 15 is 0 Å². The SMILES string of the molecule is C/C=C\C.C=C/C=C\C.Cc1ccc(-c2ccccc2)cc1.Cc1ccc(C2(C)C=CC(c3ccc4c(c3)C3=CC=CCC3(C)N4c3ccccc3)=CC2)cc1.Cc1ccc2c(c1)C(C)(C)c1ccccc1-2. The number of allylic oxidation sites excluding steroid dienone is 11. The summed E-state index contributed by atoms with van der Waals surface area (Å²) in [7, 11) is 0. The highest BCUT2D eigenvalue weighted by Crippen LogP contribution is 2.54. The Hall–Kier alpha value is -7.48. The third-order valence-electron chi connectivity index (χ3n) is 14.5. The Morgan fingerprint density at radius 1 is 0.528 bits per heavy atom. The van der Waals surface area contributed by atoms with Crippen molar-refractivity contribution in [3.05, 3.63) is 288 Å². The van der Waals surface area contributed by atoms with Gasteiger partial charge in [-0.3, -0.25) is 0 Å². The average Bonchev–Trinajstić information content (AvgIpc) is 3.80. The van der Waals surface area contributed by atoms with Gasteiger partial charge in [0.05, 0.1) is 5.54 Å². The van der Waals surface area contributed by atoms with E-state index in [2.05, 4.69) is 260 Å². The van der Waals surface area contributed by atoms with E-state index in [1.54, 1.807) is 6.08 Å². The van der Waals surface area contributed by atoms with Crippen LogP contribution >= 0.6 is 0 Å². The molecule has 2 atom stereocenters. The molecule has 0 saturated heterocycles. The first-order chi connectivity index (χ1) is 34.8. The summed E-state index contributed by atoms with van der Waals surface area (Å²) in [5, 5.41) is 0. The fraction of sp³-hybridized carbons (Fsp3) is 0.211. The Balaban J connectivity index is 0.000000165. The molecule has 1 aliphatic heterocycles. The largest absolute Gasteiger partial charge is 0.331 e. The van der Waals surface area contributed by atoms with Crippen LogP contribution in [0, 0.1) is 20.8 Å². The van der Waals surface area contributed by atoms with Crippen LogP contribution in [0.3, 0.4) is 0 Å². The molecule has 0 amide bonds. The number of anilines is 2. The number of para-hydroxylation sites is 1. The molecule has 364 valence electrons. The molecule has 0 bridgehead atoms.